The molecule has 0 bridgehead atoms. The fraction of sp³-hybridized carbons (Fsp3) is 0.875. The van der Waals surface area contributed by atoms with E-state index in [1.54, 1.807) is 6.08 Å². The van der Waals surface area contributed by atoms with Crippen LogP contribution in [0.1, 0.15) is 162 Å². The zero-order valence-electron chi connectivity index (χ0n) is 31.5. The van der Waals surface area contributed by atoms with E-state index in [1.807, 2.05) is 12.2 Å². The van der Waals surface area contributed by atoms with Crippen molar-refractivity contribution in [3.63, 3.8) is 0 Å². The highest BCUT2D eigenvalue weighted by molar-refractivity contribution is 5.80. The van der Waals surface area contributed by atoms with Gasteiger partial charge in [0.15, 0.2) is 6.29 Å². The molecule has 0 saturated carbocycles. The molecule has 294 valence electrons. The summed E-state index contributed by atoms with van der Waals surface area (Å²) >= 11 is 0. The molecule has 1 aliphatic heterocycles. The van der Waals surface area contributed by atoms with Crippen LogP contribution in [0.4, 0.5) is 0 Å². The summed E-state index contributed by atoms with van der Waals surface area (Å²) in [6.07, 6.45) is 24.3. The highest BCUT2D eigenvalue weighted by Gasteiger charge is 2.44. The Morgan fingerprint density at radius 1 is 0.700 bits per heavy atom. The Balaban J connectivity index is 2.46. The Hall–Kier alpha value is -1.37. The van der Waals surface area contributed by atoms with Gasteiger partial charge >= 0.3 is 0 Å². The fourth-order valence-corrected chi connectivity index (χ4v) is 6.28. The molecule has 7 N–H and O–H groups in total. The summed E-state index contributed by atoms with van der Waals surface area (Å²) in [6.45, 7) is 3.51. The first-order chi connectivity index (χ1) is 24.3. The molecule has 0 radical (unpaired) electrons. The van der Waals surface area contributed by atoms with Crippen LogP contribution in [-0.4, -0.2) is 98.7 Å². The number of ether oxygens (including phenoxy) is 2. The highest BCUT2D eigenvalue weighted by Crippen LogP contribution is 2.22. The van der Waals surface area contributed by atoms with Gasteiger partial charge in [-0.15, -0.1) is 0 Å². The van der Waals surface area contributed by atoms with E-state index < -0.39 is 61.5 Å². The molecule has 3 unspecified atom stereocenters. The van der Waals surface area contributed by atoms with E-state index in [-0.39, 0.29) is 6.61 Å². The summed E-state index contributed by atoms with van der Waals surface area (Å²) in [5, 5.41) is 64.2. The smallest absolute Gasteiger partial charge is 0.249 e. The molecule has 1 rings (SSSR count). The van der Waals surface area contributed by atoms with Crippen molar-refractivity contribution in [2.75, 3.05) is 13.2 Å². The maximum atomic E-state index is 12.9. The Morgan fingerprint density at radius 3 is 1.72 bits per heavy atom. The van der Waals surface area contributed by atoms with Crippen LogP contribution in [-0.2, 0) is 14.3 Å². The lowest BCUT2D eigenvalue weighted by Gasteiger charge is -2.40. The predicted molar refractivity (Wildman–Crippen MR) is 199 cm³/mol. The molecule has 1 saturated heterocycles. The van der Waals surface area contributed by atoms with Crippen molar-refractivity contribution in [3.05, 3.63) is 24.3 Å². The maximum Gasteiger partial charge on any atom is 0.249 e. The first kappa shape index (κ1) is 46.7. The van der Waals surface area contributed by atoms with E-state index in [2.05, 4.69) is 19.2 Å². The lowest BCUT2D eigenvalue weighted by molar-refractivity contribution is -0.302. The van der Waals surface area contributed by atoms with Crippen LogP contribution in [0, 0.1) is 0 Å². The molecular weight excluding hydrogens is 638 g/mol. The predicted octanol–water partition coefficient (Wildman–Crippen LogP) is 6.13. The number of amides is 1. The molecule has 0 spiro atoms. The standard InChI is InChI=1S/C40H75NO9/c1-3-5-7-9-11-13-14-15-16-17-18-19-21-23-25-27-29-34(44)39(48)41-32(33(43)28-26-24-22-20-12-10-8-6-4-2)31-49-40-38(47)37(46)36(45)35(30-42)50-40/h22,24,26,28,32-38,40,42-47H,3-21,23,25,27,29-31H2,1-2H3,(H,41,48)/b24-22+,28-26+/t32-,33+,34?,35+,36+,37?,38?,40+/m0/s1. The number of hydrogen-bond acceptors (Lipinski definition) is 9. The number of aliphatic hydroxyl groups is 6. The third-order valence-corrected chi connectivity index (χ3v) is 9.69. The third-order valence-electron chi connectivity index (χ3n) is 9.69. The number of aliphatic hydroxyl groups excluding tert-OH is 6. The Kier molecular flexibility index (Phi) is 29.1. The Morgan fingerprint density at radius 2 is 1.20 bits per heavy atom. The van der Waals surface area contributed by atoms with Crippen molar-refractivity contribution in [2.45, 2.75) is 210 Å². The molecule has 1 heterocycles. The van der Waals surface area contributed by atoms with E-state index in [1.165, 1.54) is 109 Å². The molecule has 50 heavy (non-hydrogen) atoms. The van der Waals surface area contributed by atoms with Gasteiger partial charge < -0.3 is 45.4 Å². The Bertz CT molecular complexity index is 855. The molecule has 1 amide bonds. The monoisotopic (exact) mass is 714 g/mol. The van der Waals surface area contributed by atoms with Crippen LogP contribution in [0.15, 0.2) is 24.3 Å². The summed E-state index contributed by atoms with van der Waals surface area (Å²) < 4.78 is 11.0. The average molecular weight is 714 g/mol. The van der Waals surface area contributed by atoms with Gasteiger partial charge in [0.1, 0.15) is 30.5 Å². The molecular formula is C40H75NO9. The Labute approximate surface area is 303 Å². The van der Waals surface area contributed by atoms with E-state index in [9.17, 15) is 35.4 Å². The van der Waals surface area contributed by atoms with Gasteiger partial charge in [-0.25, -0.2) is 0 Å². The summed E-state index contributed by atoms with van der Waals surface area (Å²) in [5.74, 6) is -0.636. The molecule has 8 atom stereocenters. The number of nitrogens with one attached hydrogen (secondary N) is 1. The first-order valence-corrected chi connectivity index (χ1v) is 20.2. The van der Waals surface area contributed by atoms with Crippen molar-refractivity contribution in [2.24, 2.45) is 0 Å². The van der Waals surface area contributed by atoms with E-state index >= 15 is 0 Å². The van der Waals surface area contributed by atoms with Crippen molar-refractivity contribution < 1.29 is 44.9 Å². The van der Waals surface area contributed by atoms with E-state index in [0.29, 0.717) is 12.8 Å². The largest absolute Gasteiger partial charge is 0.394 e. The minimum atomic E-state index is -1.61. The normalized spacial score (nSPS) is 23.1. The van der Waals surface area contributed by atoms with Crippen LogP contribution in [0.3, 0.4) is 0 Å². The quantitative estimate of drug-likeness (QED) is 0.0320. The minimum absolute atomic E-state index is 0.303. The molecule has 0 aromatic carbocycles. The summed E-state index contributed by atoms with van der Waals surface area (Å²) in [5.41, 5.74) is 0. The van der Waals surface area contributed by atoms with Crippen molar-refractivity contribution >= 4 is 5.91 Å². The van der Waals surface area contributed by atoms with E-state index in [0.717, 1.165) is 32.1 Å². The first-order valence-electron chi connectivity index (χ1n) is 20.2. The molecule has 1 fully saturated rings. The fourth-order valence-electron chi connectivity index (χ4n) is 6.28. The summed E-state index contributed by atoms with van der Waals surface area (Å²) in [4.78, 5) is 12.9. The van der Waals surface area contributed by atoms with E-state index in [4.69, 9.17) is 9.47 Å². The summed E-state index contributed by atoms with van der Waals surface area (Å²) in [6, 6.07) is -1.01. The van der Waals surface area contributed by atoms with Gasteiger partial charge in [0, 0.05) is 0 Å². The van der Waals surface area contributed by atoms with Gasteiger partial charge in [-0.1, -0.05) is 167 Å². The second kappa shape index (κ2) is 31.2. The molecule has 10 heteroatoms. The number of carbonyl (C=O) groups is 1. The topological polar surface area (TPSA) is 169 Å². The molecule has 10 nitrogen and oxygen atoms in total. The number of carbonyl (C=O) groups excluding carboxylic acids is 1. The number of unbranched alkanes of at least 4 members (excludes halogenated alkanes) is 20. The van der Waals surface area contributed by atoms with Crippen LogP contribution in [0.2, 0.25) is 0 Å². The third kappa shape index (κ3) is 21.9. The zero-order chi connectivity index (χ0) is 36.8. The van der Waals surface area contributed by atoms with Gasteiger partial charge in [0.25, 0.3) is 0 Å². The maximum absolute atomic E-state index is 12.9. The average Bonchev–Trinajstić information content (AvgIpc) is 3.11. The van der Waals surface area contributed by atoms with Gasteiger partial charge in [0.2, 0.25) is 5.91 Å². The van der Waals surface area contributed by atoms with Crippen molar-refractivity contribution in [1.29, 1.82) is 0 Å². The van der Waals surface area contributed by atoms with Crippen LogP contribution in [0.5, 0.6) is 0 Å². The van der Waals surface area contributed by atoms with Crippen molar-refractivity contribution in [3.8, 4) is 0 Å². The van der Waals surface area contributed by atoms with Gasteiger partial charge in [0.05, 0.1) is 25.4 Å². The zero-order valence-corrected chi connectivity index (χ0v) is 31.5. The van der Waals surface area contributed by atoms with Gasteiger partial charge in [-0.05, 0) is 19.3 Å². The van der Waals surface area contributed by atoms with Crippen LogP contribution >= 0.6 is 0 Å². The molecule has 0 aliphatic carbocycles. The second-order valence-corrected chi connectivity index (χ2v) is 14.3. The molecule has 0 aromatic rings. The van der Waals surface area contributed by atoms with Gasteiger partial charge in [-0.2, -0.15) is 0 Å². The van der Waals surface area contributed by atoms with Crippen LogP contribution < -0.4 is 5.32 Å². The summed E-state index contributed by atoms with van der Waals surface area (Å²) in [7, 11) is 0. The van der Waals surface area contributed by atoms with Crippen LogP contribution in [0.25, 0.3) is 0 Å². The van der Waals surface area contributed by atoms with Gasteiger partial charge in [-0.3, -0.25) is 4.79 Å². The minimum Gasteiger partial charge on any atom is -0.394 e. The van der Waals surface area contributed by atoms with Crippen molar-refractivity contribution in [1.82, 2.24) is 5.32 Å². The SMILES string of the molecule is CCCCCCC/C=C/C=C/[C@@H](O)[C@H](CO[C@@H]1O[C@H](CO)[C@@H](O)C(O)C1O)NC(=O)C(O)CCCCCCCCCCCCCCCCCC. The lowest BCUT2D eigenvalue weighted by atomic mass is 9.99. The number of hydrogen-bond donors (Lipinski definition) is 7. The highest BCUT2D eigenvalue weighted by atomic mass is 16.7. The number of allylic oxidation sites excluding steroid dienone is 3. The number of rotatable bonds is 32. The molecule has 1 aliphatic rings. The lowest BCUT2D eigenvalue weighted by Crippen LogP contribution is -2.60. The second-order valence-electron chi connectivity index (χ2n) is 14.3. The molecule has 0 aromatic heterocycles.